The van der Waals surface area contributed by atoms with Crippen molar-refractivity contribution in [2.45, 2.75) is 37.9 Å². The minimum Gasteiger partial charge on any atom is -0.483 e. The summed E-state index contributed by atoms with van der Waals surface area (Å²) in [6, 6.07) is 7.14. The van der Waals surface area contributed by atoms with E-state index in [1.54, 1.807) is 24.4 Å². The van der Waals surface area contributed by atoms with Gasteiger partial charge in [0.1, 0.15) is 24.1 Å². The zero-order valence-electron chi connectivity index (χ0n) is 23.1. The third kappa shape index (κ3) is 5.30. The van der Waals surface area contributed by atoms with Gasteiger partial charge in [0.25, 0.3) is 11.8 Å². The number of H-pyrrole nitrogens is 1. The molecule has 0 saturated carbocycles. The summed E-state index contributed by atoms with van der Waals surface area (Å²) in [4.78, 5) is 38.4. The Morgan fingerprint density at radius 2 is 2.07 bits per heavy atom. The van der Waals surface area contributed by atoms with E-state index in [1.807, 2.05) is 27.3 Å². The van der Waals surface area contributed by atoms with Crippen LogP contribution in [0.2, 0.25) is 5.02 Å². The molecule has 2 unspecified atom stereocenters. The zero-order chi connectivity index (χ0) is 29.5. The molecule has 0 aliphatic carbocycles. The van der Waals surface area contributed by atoms with Gasteiger partial charge in [-0.3, -0.25) is 9.59 Å². The van der Waals surface area contributed by atoms with Crippen molar-refractivity contribution < 1.29 is 14.3 Å². The number of amides is 2. The maximum Gasteiger partial charge on any atom is 0.260 e. The van der Waals surface area contributed by atoms with Crippen molar-refractivity contribution in [3.8, 4) is 16.9 Å². The fraction of sp³-hybridized carbons (Fsp3) is 0.310. The molecular weight excluding hydrogens is 590 g/mol. The topological polar surface area (TPSA) is 134 Å². The van der Waals surface area contributed by atoms with Gasteiger partial charge in [-0.2, -0.15) is 4.68 Å². The number of aromatic amines is 1. The van der Waals surface area contributed by atoms with E-state index >= 15 is 0 Å². The first-order valence-corrected chi connectivity index (χ1v) is 15.3. The molecule has 3 aromatic heterocycles. The number of tetrazole rings is 1. The SMILES string of the molecule is C=C(OCC(=O)N1CCCC1)c1cc(-c2cnc(C3CCC4NC(c5cc(Cl)ccc5-n5cnnn5)=CC(=O)N43)[nH]2)cs1. The van der Waals surface area contributed by atoms with Gasteiger partial charge in [0.15, 0.2) is 6.61 Å². The van der Waals surface area contributed by atoms with Gasteiger partial charge in [-0.15, -0.1) is 16.4 Å². The van der Waals surface area contributed by atoms with Crippen molar-refractivity contribution in [3.63, 3.8) is 0 Å². The molecule has 43 heavy (non-hydrogen) atoms. The van der Waals surface area contributed by atoms with Gasteiger partial charge in [0.2, 0.25) is 0 Å². The highest BCUT2D eigenvalue weighted by molar-refractivity contribution is 7.11. The molecule has 7 rings (SSSR count). The molecule has 14 heteroatoms. The van der Waals surface area contributed by atoms with Gasteiger partial charge in [-0.1, -0.05) is 18.2 Å². The number of ether oxygens (including phenoxy) is 1. The van der Waals surface area contributed by atoms with Gasteiger partial charge >= 0.3 is 0 Å². The van der Waals surface area contributed by atoms with E-state index in [0.29, 0.717) is 22.2 Å². The Bertz CT molecular complexity index is 1720. The first-order chi connectivity index (χ1) is 20.9. The van der Waals surface area contributed by atoms with Gasteiger partial charge < -0.3 is 24.8 Å². The molecule has 3 aliphatic rings. The molecule has 0 radical (unpaired) electrons. The van der Waals surface area contributed by atoms with Crippen LogP contribution in [-0.4, -0.2) is 77.7 Å². The van der Waals surface area contributed by atoms with Crippen LogP contribution in [0.3, 0.4) is 0 Å². The molecule has 0 bridgehead atoms. The molecule has 2 N–H and O–H groups in total. The highest BCUT2D eigenvalue weighted by atomic mass is 35.5. The van der Waals surface area contributed by atoms with E-state index in [4.69, 9.17) is 16.3 Å². The Morgan fingerprint density at radius 1 is 1.21 bits per heavy atom. The minimum atomic E-state index is -0.206. The van der Waals surface area contributed by atoms with Gasteiger partial charge in [0.05, 0.1) is 34.2 Å². The maximum atomic E-state index is 13.5. The monoisotopic (exact) mass is 617 g/mol. The molecule has 0 spiro atoms. The van der Waals surface area contributed by atoms with E-state index in [9.17, 15) is 9.59 Å². The van der Waals surface area contributed by atoms with Crippen LogP contribution in [0.25, 0.3) is 28.4 Å². The number of likely N-dealkylation sites (tertiary alicyclic amines) is 1. The summed E-state index contributed by atoms with van der Waals surface area (Å²) >= 11 is 7.82. The number of nitrogens with one attached hydrogen (secondary N) is 2. The quantitative estimate of drug-likeness (QED) is 0.283. The minimum absolute atomic E-state index is 0.00649. The number of carbonyl (C=O) groups is 2. The molecule has 2 fully saturated rings. The second kappa shape index (κ2) is 11.3. The lowest BCUT2D eigenvalue weighted by Crippen LogP contribution is -2.48. The lowest BCUT2D eigenvalue weighted by Gasteiger charge is -2.34. The first kappa shape index (κ1) is 27.3. The standard InChI is InChI=1S/C29H28ClN9O3S/c1-17(42-14-28(41)37-8-2-3-9-37)25-10-18(15-43-25)22-13-31-29(34-22)24-6-7-26-33-21(12-27(40)39(24)26)20-11-19(30)4-5-23(20)38-16-32-35-36-38/h4-5,10-13,15-16,24,26,33H,1-3,6-9,14H2,(H,31,34). The smallest absolute Gasteiger partial charge is 0.260 e. The molecule has 6 heterocycles. The van der Waals surface area contributed by atoms with Crippen LogP contribution in [-0.2, 0) is 14.3 Å². The number of halogens is 1. The second-order valence-electron chi connectivity index (χ2n) is 10.7. The number of carbonyl (C=O) groups excluding carboxylic acids is 2. The van der Waals surface area contributed by atoms with E-state index in [1.165, 1.54) is 22.3 Å². The van der Waals surface area contributed by atoms with Crippen molar-refractivity contribution in [3.05, 3.63) is 76.1 Å². The predicted octanol–water partition coefficient (Wildman–Crippen LogP) is 4.01. The number of nitrogens with zero attached hydrogens (tertiary/aromatic N) is 7. The average molecular weight is 618 g/mol. The van der Waals surface area contributed by atoms with Crippen LogP contribution in [0.15, 0.2) is 54.8 Å². The van der Waals surface area contributed by atoms with E-state index < -0.39 is 0 Å². The van der Waals surface area contributed by atoms with E-state index in [2.05, 4.69) is 37.4 Å². The predicted molar refractivity (Wildman–Crippen MR) is 161 cm³/mol. The van der Waals surface area contributed by atoms with Crippen LogP contribution < -0.4 is 5.32 Å². The number of hydrogen-bond acceptors (Lipinski definition) is 9. The molecule has 3 aliphatic heterocycles. The molecule has 12 nitrogen and oxygen atoms in total. The second-order valence-corrected chi connectivity index (χ2v) is 12.0. The molecule has 4 aromatic rings. The Balaban J connectivity index is 1.05. The third-order valence-corrected chi connectivity index (χ3v) is 9.21. The van der Waals surface area contributed by atoms with E-state index in [-0.39, 0.29) is 30.6 Å². The largest absolute Gasteiger partial charge is 0.483 e. The van der Waals surface area contributed by atoms with Crippen molar-refractivity contribution in [1.29, 1.82) is 0 Å². The molecule has 2 atom stereocenters. The highest BCUT2D eigenvalue weighted by Gasteiger charge is 2.41. The van der Waals surface area contributed by atoms with E-state index in [0.717, 1.165) is 66.3 Å². The summed E-state index contributed by atoms with van der Waals surface area (Å²) in [6.45, 7) is 5.60. The van der Waals surface area contributed by atoms with Crippen molar-refractivity contribution in [2.24, 2.45) is 0 Å². The van der Waals surface area contributed by atoms with Crippen molar-refractivity contribution in [2.75, 3.05) is 19.7 Å². The number of thiophene rings is 1. The van der Waals surface area contributed by atoms with Crippen LogP contribution in [0.5, 0.6) is 0 Å². The van der Waals surface area contributed by atoms with Gasteiger partial charge in [0, 0.05) is 40.7 Å². The summed E-state index contributed by atoms with van der Waals surface area (Å²) < 4.78 is 7.25. The van der Waals surface area contributed by atoms with Crippen LogP contribution >= 0.6 is 22.9 Å². The number of hydrogen-bond donors (Lipinski definition) is 2. The Kier molecular flexibility index (Phi) is 7.19. The maximum absolute atomic E-state index is 13.5. The number of rotatable bonds is 8. The summed E-state index contributed by atoms with van der Waals surface area (Å²) in [6.07, 6.45) is 8.25. The first-order valence-electron chi connectivity index (χ1n) is 14.0. The average Bonchev–Trinajstić information content (AvgIpc) is 3.85. The van der Waals surface area contributed by atoms with Crippen LogP contribution in [0.4, 0.5) is 0 Å². The van der Waals surface area contributed by atoms with Crippen LogP contribution in [0.1, 0.15) is 48.0 Å². The number of benzene rings is 1. The Morgan fingerprint density at radius 3 is 2.88 bits per heavy atom. The number of fused-ring (bicyclic) bond motifs is 1. The third-order valence-electron chi connectivity index (χ3n) is 8.00. The van der Waals surface area contributed by atoms with Crippen LogP contribution in [0, 0.1) is 0 Å². The van der Waals surface area contributed by atoms with Crippen molar-refractivity contribution >= 4 is 46.2 Å². The summed E-state index contributed by atoms with van der Waals surface area (Å²) in [5.74, 6) is 1.07. The molecular formula is C29H28ClN9O3S. The normalized spacial score (nSPS) is 19.7. The summed E-state index contributed by atoms with van der Waals surface area (Å²) in [7, 11) is 0. The number of aromatic nitrogens is 6. The highest BCUT2D eigenvalue weighted by Crippen LogP contribution is 2.39. The molecule has 2 amide bonds. The van der Waals surface area contributed by atoms with Crippen molar-refractivity contribution in [1.82, 2.24) is 45.3 Å². The zero-order valence-corrected chi connectivity index (χ0v) is 24.6. The molecule has 1 aromatic carbocycles. The number of imidazole rings is 1. The fourth-order valence-corrected chi connectivity index (χ4v) is 6.86. The lowest BCUT2D eigenvalue weighted by molar-refractivity contribution is -0.133. The fourth-order valence-electron chi connectivity index (χ4n) is 5.85. The summed E-state index contributed by atoms with van der Waals surface area (Å²) in [5.41, 5.74) is 3.87. The Labute approximate surface area is 256 Å². The molecule has 2 saturated heterocycles. The summed E-state index contributed by atoms with van der Waals surface area (Å²) in [5, 5.41) is 17.5. The van der Waals surface area contributed by atoms with Gasteiger partial charge in [-0.05, 0) is 60.4 Å². The lowest BCUT2D eigenvalue weighted by atomic mass is 10.1. The Hall–Kier alpha value is -4.49. The van der Waals surface area contributed by atoms with Gasteiger partial charge in [-0.25, -0.2) is 4.98 Å². The molecule has 220 valence electrons.